The molecule has 2 rings (SSSR count). The Morgan fingerprint density at radius 1 is 0.515 bits per heavy atom. The molecule has 2 aromatic heterocycles. The third kappa shape index (κ3) is 16.8. The first-order valence-electron chi connectivity index (χ1n) is 11.2. The average Bonchev–Trinajstić information content (AvgIpc) is 3.24. The van der Waals surface area contributed by atoms with Crippen LogP contribution in [0, 0.1) is 6.28 Å². The first kappa shape index (κ1) is 35.4. The van der Waals surface area contributed by atoms with Gasteiger partial charge in [-0.05, 0) is 0 Å². The fourth-order valence-corrected chi connectivity index (χ4v) is 15.2. The molecule has 0 N–H and O–H groups in total. The van der Waals surface area contributed by atoms with Crippen molar-refractivity contribution >= 4 is 120 Å². The molecule has 0 aliphatic rings. The van der Waals surface area contributed by atoms with E-state index in [1.54, 1.807) is 21.6 Å². The smallest absolute Gasteiger partial charge is 0.131 e. The van der Waals surface area contributed by atoms with Crippen molar-refractivity contribution in [3.8, 4) is 0 Å². The van der Waals surface area contributed by atoms with E-state index in [9.17, 15) is 0 Å². The molecule has 0 fully saturated rings. The predicted molar refractivity (Wildman–Crippen MR) is 174 cm³/mol. The molecule has 0 saturated carbocycles. The summed E-state index contributed by atoms with van der Waals surface area (Å²) >= 11 is 31.7. The standard InChI is InChI=1S/4C4H9.2C3H2S5.Ni/c4*1-3-4-2;2*4-1-2(5)8-3(6)7-1;/h4*1,3-4H2,2H3;2*4-5H;. The van der Waals surface area contributed by atoms with Gasteiger partial charge in [0.05, 0.1) is 16.8 Å². The van der Waals surface area contributed by atoms with Crippen molar-refractivity contribution in [3.05, 3.63) is 6.28 Å². The minimum atomic E-state index is -0.364. The van der Waals surface area contributed by atoms with Crippen molar-refractivity contribution in [2.24, 2.45) is 0 Å². The van der Waals surface area contributed by atoms with E-state index in [4.69, 9.17) is 24.4 Å². The van der Waals surface area contributed by atoms with Gasteiger partial charge in [0.2, 0.25) is 0 Å². The molecular weight excluding hydrogens is 644 g/mol. The minimum absolute atomic E-state index is 0.364. The summed E-state index contributed by atoms with van der Waals surface area (Å²) in [5.41, 5.74) is 0. The van der Waals surface area contributed by atoms with Gasteiger partial charge in [0.25, 0.3) is 0 Å². The zero-order chi connectivity index (χ0) is 25.3. The van der Waals surface area contributed by atoms with E-state index >= 15 is 0 Å². The quantitative estimate of drug-likeness (QED) is 0.0999. The normalized spacial score (nSPS) is 11.4. The summed E-state index contributed by atoms with van der Waals surface area (Å²) < 4.78 is 5.46. The van der Waals surface area contributed by atoms with Crippen molar-refractivity contribution < 1.29 is 12.4 Å². The van der Waals surface area contributed by atoms with Gasteiger partial charge < -0.3 is 0 Å². The minimum Gasteiger partial charge on any atom is -0.131 e. The largest absolute Gasteiger partial charge is 0.145 e. The molecule has 11 heteroatoms. The fraction of sp³-hybridized carbons (Fsp3) is 0.727. The van der Waals surface area contributed by atoms with E-state index in [-0.39, 0.29) is 12.4 Å². The number of rotatable bonds is 12. The Morgan fingerprint density at radius 2 is 0.727 bits per heavy atom. The van der Waals surface area contributed by atoms with Crippen molar-refractivity contribution in [2.45, 2.75) is 117 Å². The molecule has 0 saturated heterocycles. The third-order valence-electron chi connectivity index (χ3n) is 4.29. The fourth-order valence-electron chi connectivity index (χ4n) is 2.40. The second-order valence-corrected chi connectivity index (χ2v) is 21.5. The van der Waals surface area contributed by atoms with Crippen LogP contribution in [0.5, 0.6) is 0 Å². The summed E-state index contributed by atoms with van der Waals surface area (Å²) in [5, 5.41) is 6.33. The molecule has 33 heavy (non-hydrogen) atoms. The van der Waals surface area contributed by atoms with Crippen LogP contribution < -0.4 is 0 Å². The van der Waals surface area contributed by atoms with Crippen molar-refractivity contribution in [1.82, 2.24) is 0 Å². The Kier molecular flexibility index (Phi) is 23.0. The molecule has 0 amide bonds. The van der Waals surface area contributed by atoms with Crippen LogP contribution in [0.2, 0.25) is 21.6 Å². The van der Waals surface area contributed by atoms with Crippen molar-refractivity contribution in [2.75, 3.05) is 0 Å². The van der Waals surface area contributed by atoms with Crippen LogP contribution in [-0.4, -0.2) is 0 Å². The summed E-state index contributed by atoms with van der Waals surface area (Å²) in [5.74, 6) is 0. The molecule has 0 nitrogen and oxygen atoms in total. The molecule has 0 spiro atoms. The number of unbranched alkanes of at least 4 members (excludes halogenated alkanes) is 4. The van der Waals surface area contributed by atoms with E-state index in [0.717, 1.165) is 23.1 Å². The average molecular weight is 684 g/mol. The molecule has 0 aliphatic carbocycles. The van der Waals surface area contributed by atoms with E-state index in [1.807, 2.05) is 0 Å². The molecule has 0 atom stereocenters. The van der Waals surface area contributed by atoms with Gasteiger partial charge in [0.1, 0.15) is 6.28 Å². The number of hydrogen-bond acceptors (Lipinski definition) is 10. The van der Waals surface area contributed by atoms with Crippen LogP contribution in [0.4, 0.5) is 0 Å². The zero-order valence-corrected chi connectivity index (χ0v) is 29.5. The van der Waals surface area contributed by atoms with Gasteiger partial charge in [0.15, 0.2) is 0 Å². The van der Waals surface area contributed by atoms with Gasteiger partial charge in [-0.3, -0.25) is 0 Å². The summed E-state index contributed by atoms with van der Waals surface area (Å²) in [6, 6.07) is 0. The zero-order valence-electron chi connectivity index (χ0n) is 20.0. The van der Waals surface area contributed by atoms with Gasteiger partial charge in [-0.1, -0.05) is 24.4 Å². The van der Waals surface area contributed by atoms with E-state index in [1.165, 1.54) is 96.7 Å². The maximum atomic E-state index is 4.86. The molecule has 2 heterocycles. The Morgan fingerprint density at radius 3 is 0.848 bits per heavy atom. The third-order valence-corrected chi connectivity index (χ3v) is 17.3. The Balaban J connectivity index is 0.000000525. The SMILES string of the molecule is CCC[CH2][Ni]([CH2]CCC)([CH2]CCC)[CH2]CCC.S=c1sc(S)c(S)s1.S=c1sc(S)c(S)s1. The van der Waals surface area contributed by atoms with Crippen LogP contribution in [0.1, 0.15) is 79.1 Å². The van der Waals surface area contributed by atoms with Crippen LogP contribution in [-0.2, 0) is 12.4 Å². The Bertz CT molecular complexity index is 713. The molecule has 0 unspecified atom stereocenters. The van der Waals surface area contributed by atoms with E-state index in [2.05, 4.69) is 78.2 Å². The summed E-state index contributed by atoms with van der Waals surface area (Å²) in [4.78, 5) is 0. The van der Waals surface area contributed by atoms with E-state index < -0.39 is 0 Å². The molecule has 0 bridgehead atoms. The predicted octanol–water partition coefficient (Wildman–Crippen LogP) is 13.2. The molecular formula is C22H40NiS10. The van der Waals surface area contributed by atoms with Crippen molar-refractivity contribution in [1.29, 1.82) is 0 Å². The van der Waals surface area contributed by atoms with E-state index in [0.29, 0.717) is 0 Å². The Hall–Kier alpha value is 2.43. The molecule has 198 valence electrons. The number of thiol groups is 4. The van der Waals surface area contributed by atoms with Crippen LogP contribution >= 0.6 is 120 Å². The molecule has 0 aliphatic heterocycles. The van der Waals surface area contributed by atoms with Crippen LogP contribution in [0.3, 0.4) is 0 Å². The van der Waals surface area contributed by atoms with Gasteiger partial charge in [0, 0.05) is 0 Å². The van der Waals surface area contributed by atoms with Gasteiger partial charge in [-0.2, -0.15) is 0 Å². The second-order valence-electron chi connectivity index (χ2n) is 7.12. The maximum absolute atomic E-state index is 4.86. The second kappa shape index (κ2) is 21.4. The van der Waals surface area contributed by atoms with Gasteiger partial charge in [-0.15, -0.1) is 95.9 Å². The van der Waals surface area contributed by atoms with Crippen LogP contribution in [0.15, 0.2) is 16.8 Å². The Labute approximate surface area is 253 Å². The molecule has 2 aromatic rings. The van der Waals surface area contributed by atoms with Crippen molar-refractivity contribution in [3.63, 3.8) is 0 Å². The number of hydrogen-bond donors (Lipinski definition) is 4. The summed E-state index contributed by atoms with van der Waals surface area (Å²) in [6.07, 6.45) is 11.5. The van der Waals surface area contributed by atoms with Crippen LogP contribution in [0.25, 0.3) is 0 Å². The van der Waals surface area contributed by atoms with Gasteiger partial charge >= 0.3 is 113 Å². The monoisotopic (exact) mass is 682 g/mol. The van der Waals surface area contributed by atoms with Gasteiger partial charge in [-0.25, -0.2) is 0 Å². The first-order chi connectivity index (χ1) is 15.6. The molecule has 0 radical (unpaired) electrons. The first-order valence-corrected chi connectivity index (χ1v) is 19.8. The summed E-state index contributed by atoms with van der Waals surface area (Å²) in [7, 11) is 0. The topological polar surface area (TPSA) is 0 Å². The maximum Gasteiger partial charge on any atom is 0.145 e. The molecule has 0 aromatic carbocycles. The summed E-state index contributed by atoms with van der Waals surface area (Å²) in [6.45, 7) is 9.41.